The van der Waals surface area contributed by atoms with Crippen molar-refractivity contribution in [2.45, 2.75) is 131 Å². The minimum atomic E-state index is -0.0751. The smallest absolute Gasteiger partial charge is 0.166 e. The maximum absolute atomic E-state index is 6.55. The SMILES string of the molecule is CC(C)(C)c1cc(C#CC(C)(C)C2CC2)cc(COc2cc(-c3cnc(C4CCN(C(C)(C)C)CC4)s3)cnc2N)c1C(C)(C)C. The topological polar surface area (TPSA) is 64.3 Å². The van der Waals surface area contributed by atoms with Gasteiger partial charge in [-0.3, -0.25) is 4.90 Å². The highest BCUT2D eigenvalue weighted by Gasteiger charge is 2.36. The molecule has 1 saturated heterocycles. The Balaban J connectivity index is 1.41. The highest BCUT2D eigenvalue weighted by Crippen LogP contribution is 2.45. The number of anilines is 1. The molecular weight excluding hydrogens is 585 g/mol. The molecule has 0 amide bonds. The predicted octanol–water partition coefficient (Wildman–Crippen LogP) is 9.73. The van der Waals surface area contributed by atoms with Crippen molar-refractivity contribution in [1.29, 1.82) is 0 Å². The van der Waals surface area contributed by atoms with Gasteiger partial charge in [-0.1, -0.05) is 53.4 Å². The van der Waals surface area contributed by atoms with E-state index in [0.29, 0.717) is 30.0 Å². The van der Waals surface area contributed by atoms with E-state index in [0.717, 1.165) is 47.5 Å². The summed E-state index contributed by atoms with van der Waals surface area (Å²) in [6, 6.07) is 6.58. The second kappa shape index (κ2) is 12.6. The van der Waals surface area contributed by atoms with Crippen molar-refractivity contribution in [3.63, 3.8) is 0 Å². The van der Waals surface area contributed by atoms with E-state index in [9.17, 15) is 0 Å². The molecule has 1 saturated carbocycles. The van der Waals surface area contributed by atoms with Gasteiger partial charge in [0.05, 0.1) is 9.88 Å². The maximum Gasteiger partial charge on any atom is 0.166 e. The van der Waals surface area contributed by atoms with Crippen LogP contribution in [0.5, 0.6) is 5.75 Å². The summed E-state index contributed by atoms with van der Waals surface area (Å²) in [5.41, 5.74) is 12.4. The molecule has 248 valence electrons. The minimum absolute atomic E-state index is 0.0299. The summed E-state index contributed by atoms with van der Waals surface area (Å²) in [4.78, 5) is 13.1. The summed E-state index contributed by atoms with van der Waals surface area (Å²) in [7, 11) is 0. The highest BCUT2D eigenvalue weighted by molar-refractivity contribution is 7.15. The summed E-state index contributed by atoms with van der Waals surface area (Å²) in [5.74, 6) is 9.40. The van der Waals surface area contributed by atoms with E-state index in [-0.39, 0.29) is 21.8 Å². The first-order valence-corrected chi connectivity index (χ1v) is 17.9. The van der Waals surface area contributed by atoms with Crippen LogP contribution >= 0.6 is 11.3 Å². The number of piperidine rings is 1. The molecule has 0 unspecified atom stereocenters. The molecule has 5 nitrogen and oxygen atoms in total. The molecule has 1 aliphatic carbocycles. The van der Waals surface area contributed by atoms with Gasteiger partial charge in [-0.05, 0) is 125 Å². The monoisotopic (exact) mass is 640 g/mol. The maximum atomic E-state index is 6.55. The first-order valence-electron chi connectivity index (χ1n) is 17.1. The fourth-order valence-corrected chi connectivity index (χ4v) is 7.84. The Labute approximate surface area is 282 Å². The molecule has 2 N–H and O–H groups in total. The molecule has 0 spiro atoms. The lowest BCUT2D eigenvalue weighted by molar-refractivity contribution is 0.102. The molecule has 2 fully saturated rings. The van der Waals surface area contributed by atoms with Crippen LogP contribution in [-0.4, -0.2) is 33.5 Å². The highest BCUT2D eigenvalue weighted by atomic mass is 32.1. The first kappa shape index (κ1) is 34.5. The fraction of sp³-hybridized carbons (Fsp3) is 0.600. The van der Waals surface area contributed by atoms with E-state index >= 15 is 0 Å². The van der Waals surface area contributed by atoms with E-state index in [2.05, 4.69) is 110 Å². The van der Waals surface area contributed by atoms with Crippen molar-refractivity contribution in [2.24, 2.45) is 11.3 Å². The van der Waals surface area contributed by atoms with Crippen LogP contribution in [0.25, 0.3) is 10.4 Å². The number of pyridine rings is 1. The first-order chi connectivity index (χ1) is 21.3. The standard InChI is InChI=1S/C40H56N4OS/c1-37(2,3)31-21-26(14-17-40(10,11)30-12-13-30)20-29(34(31)38(4,5)6)25-45-32-22-28(23-42-35(32)41)33-24-43-36(46-33)27-15-18-44(19-16-27)39(7,8)9/h20-24,27,30H,12-13,15-16,18-19,25H2,1-11H3,(H2,41,42). The predicted molar refractivity (Wildman–Crippen MR) is 195 cm³/mol. The third-order valence-corrected chi connectivity index (χ3v) is 11.0. The number of hydrogen-bond donors (Lipinski definition) is 1. The summed E-state index contributed by atoms with van der Waals surface area (Å²) < 4.78 is 6.55. The quantitative estimate of drug-likeness (QED) is 0.272. The zero-order chi connectivity index (χ0) is 33.7. The molecule has 0 radical (unpaired) electrons. The Morgan fingerprint density at radius 3 is 2.13 bits per heavy atom. The van der Waals surface area contributed by atoms with Crippen LogP contribution < -0.4 is 10.5 Å². The molecule has 0 atom stereocenters. The number of nitrogen functional groups attached to an aromatic ring is 1. The normalized spacial score (nSPS) is 17.1. The fourth-order valence-electron chi connectivity index (χ4n) is 6.77. The Bertz CT molecular complexity index is 1610. The molecule has 2 aromatic heterocycles. The Kier molecular flexibility index (Phi) is 9.45. The van der Waals surface area contributed by atoms with Gasteiger partial charge in [-0.25, -0.2) is 9.97 Å². The molecule has 1 aromatic carbocycles. The van der Waals surface area contributed by atoms with Crippen molar-refractivity contribution in [3.05, 3.63) is 57.9 Å². The lowest BCUT2D eigenvalue weighted by atomic mass is 9.72. The minimum Gasteiger partial charge on any atom is -0.485 e. The number of likely N-dealkylation sites (tertiary alicyclic amines) is 1. The van der Waals surface area contributed by atoms with E-state index in [1.54, 1.807) is 11.3 Å². The second-order valence-corrected chi connectivity index (χ2v) is 18.3. The average Bonchev–Trinajstić information content (AvgIpc) is 3.72. The average molecular weight is 641 g/mol. The van der Waals surface area contributed by atoms with Gasteiger partial charge in [0.15, 0.2) is 11.6 Å². The van der Waals surface area contributed by atoms with Crippen LogP contribution in [0.1, 0.15) is 135 Å². The van der Waals surface area contributed by atoms with Crippen molar-refractivity contribution >= 4 is 17.2 Å². The van der Waals surface area contributed by atoms with Crippen LogP contribution in [0.15, 0.2) is 30.6 Å². The molecule has 1 aliphatic heterocycles. The molecule has 2 aliphatic rings. The second-order valence-electron chi connectivity index (χ2n) is 17.2. The molecular formula is C40H56N4OS. The summed E-state index contributed by atoms with van der Waals surface area (Å²) in [6.07, 6.45) is 8.69. The number of rotatable bonds is 6. The number of thiazole rings is 1. The van der Waals surface area contributed by atoms with Gasteiger partial charge in [0, 0.05) is 40.4 Å². The van der Waals surface area contributed by atoms with Crippen LogP contribution in [-0.2, 0) is 17.4 Å². The Morgan fingerprint density at radius 2 is 1.54 bits per heavy atom. The van der Waals surface area contributed by atoms with Crippen LogP contribution in [0.2, 0.25) is 0 Å². The third-order valence-electron chi connectivity index (χ3n) is 9.77. The van der Waals surface area contributed by atoms with E-state index in [1.165, 1.54) is 29.0 Å². The van der Waals surface area contributed by atoms with E-state index < -0.39 is 0 Å². The molecule has 6 heteroatoms. The molecule has 3 aromatic rings. The lowest BCUT2D eigenvalue weighted by Gasteiger charge is -2.40. The van der Waals surface area contributed by atoms with Crippen LogP contribution in [0.4, 0.5) is 5.82 Å². The van der Waals surface area contributed by atoms with Gasteiger partial charge in [-0.15, -0.1) is 11.3 Å². The Hall–Kier alpha value is -2.88. The number of benzene rings is 1. The summed E-state index contributed by atoms with van der Waals surface area (Å²) in [5, 5.41) is 1.22. The number of nitrogens with zero attached hydrogens (tertiary/aromatic N) is 3. The van der Waals surface area contributed by atoms with Gasteiger partial charge in [-0.2, -0.15) is 0 Å². The van der Waals surface area contributed by atoms with Gasteiger partial charge in [0.2, 0.25) is 0 Å². The molecule has 0 bridgehead atoms. The summed E-state index contributed by atoms with van der Waals surface area (Å²) >= 11 is 1.78. The molecule has 3 heterocycles. The number of nitrogens with two attached hydrogens (primary N) is 1. The zero-order valence-corrected chi connectivity index (χ0v) is 31.0. The van der Waals surface area contributed by atoms with Gasteiger partial charge in [0.1, 0.15) is 6.61 Å². The number of ether oxygens (including phenoxy) is 1. The van der Waals surface area contributed by atoms with E-state index in [1.807, 2.05) is 18.5 Å². The number of aromatic nitrogens is 2. The van der Waals surface area contributed by atoms with Gasteiger partial charge < -0.3 is 10.5 Å². The summed E-state index contributed by atoms with van der Waals surface area (Å²) in [6.45, 7) is 27.8. The number of hydrogen-bond acceptors (Lipinski definition) is 6. The Morgan fingerprint density at radius 1 is 0.870 bits per heavy atom. The van der Waals surface area contributed by atoms with Crippen molar-refractivity contribution in [1.82, 2.24) is 14.9 Å². The molecule has 46 heavy (non-hydrogen) atoms. The van der Waals surface area contributed by atoms with Gasteiger partial charge in [0.25, 0.3) is 0 Å². The van der Waals surface area contributed by atoms with Gasteiger partial charge >= 0.3 is 0 Å². The van der Waals surface area contributed by atoms with E-state index in [4.69, 9.17) is 15.5 Å². The van der Waals surface area contributed by atoms with Crippen LogP contribution in [0.3, 0.4) is 0 Å². The third kappa shape index (κ3) is 7.97. The lowest BCUT2D eigenvalue weighted by Crippen LogP contribution is -2.45. The molecule has 5 rings (SSSR count). The van der Waals surface area contributed by atoms with Crippen molar-refractivity contribution < 1.29 is 4.74 Å². The largest absolute Gasteiger partial charge is 0.485 e. The van der Waals surface area contributed by atoms with Crippen molar-refractivity contribution in [3.8, 4) is 28.0 Å². The van der Waals surface area contributed by atoms with Crippen molar-refractivity contribution in [2.75, 3.05) is 18.8 Å². The zero-order valence-electron chi connectivity index (χ0n) is 30.2. The van der Waals surface area contributed by atoms with Crippen LogP contribution in [0, 0.1) is 23.2 Å².